The Kier molecular flexibility index (Phi) is 4.01. The van der Waals surface area contributed by atoms with Crippen LogP contribution in [0.15, 0.2) is 59.5 Å². The van der Waals surface area contributed by atoms with Gasteiger partial charge in [-0.15, -0.1) is 0 Å². The van der Waals surface area contributed by atoms with Gasteiger partial charge < -0.3 is 9.88 Å². The quantitative estimate of drug-likeness (QED) is 0.782. The molecule has 2 heterocycles. The third-order valence-electron chi connectivity index (χ3n) is 3.29. The topological polar surface area (TPSA) is 46.9 Å². The monoisotopic (exact) mass is 343 g/mol. The normalized spacial score (nSPS) is 10.7. The van der Waals surface area contributed by atoms with Gasteiger partial charge in [-0.05, 0) is 30.3 Å². The average molecular weight is 344 g/mol. The molecule has 0 aliphatic heterocycles. The van der Waals surface area contributed by atoms with Crippen molar-refractivity contribution in [3.8, 4) is 0 Å². The van der Waals surface area contributed by atoms with E-state index in [-0.39, 0.29) is 5.91 Å². The summed E-state index contributed by atoms with van der Waals surface area (Å²) in [7, 11) is 0. The van der Waals surface area contributed by atoms with Crippen LogP contribution in [-0.2, 0) is 11.3 Å². The summed E-state index contributed by atoms with van der Waals surface area (Å²) in [5.41, 5.74) is 1.85. The lowest BCUT2D eigenvalue weighted by Crippen LogP contribution is -2.14. The highest BCUT2D eigenvalue weighted by atomic mass is 79.9. The van der Waals surface area contributed by atoms with Gasteiger partial charge in [0.15, 0.2) is 0 Å². The molecule has 1 aromatic carbocycles. The number of carbonyl (C=O) groups excluding carboxylic acids is 1. The largest absolute Gasteiger partial charge is 0.347 e. The Morgan fingerprint density at radius 3 is 2.95 bits per heavy atom. The molecule has 21 heavy (non-hydrogen) atoms. The van der Waals surface area contributed by atoms with E-state index >= 15 is 0 Å². The number of fused-ring (bicyclic) bond motifs is 1. The highest BCUT2D eigenvalue weighted by Crippen LogP contribution is 2.24. The van der Waals surface area contributed by atoms with Gasteiger partial charge in [-0.1, -0.05) is 22.0 Å². The summed E-state index contributed by atoms with van der Waals surface area (Å²) in [4.78, 5) is 15.9. The number of anilines is 1. The molecular formula is C16H14BrN3O. The molecule has 0 spiro atoms. The van der Waals surface area contributed by atoms with Crippen LogP contribution in [0.1, 0.15) is 6.42 Å². The molecule has 2 aromatic heterocycles. The van der Waals surface area contributed by atoms with Gasteiger partial charge in [0.2, 0.25) is 5.91 Å². The van der Waals surface area contributed by atoms with Gasteiger partial charge in [-0.3, -0.25) is 9.78 Å². The number of halogens is 1. The van der Waals surface area contributed by atoms with Gasteiger partial charge in [-0.2, -0.15) is 0 Å². The molecule has 1 amide bonds. The van der Waals surface area contributed by atoms with Crippen molar-refractivity contribution in [3.05, 3.63) is 59.5 Å². The molecule has 0 bridgehead atoms. The minimum atomic E-state index is -0.0140. The highest BCUT2D eigenvalue weighted by Gasteiger charge is 2.06. The number of hydrogen-bond donors (Lipinski definition) is 1. The van der Waals surface area contributed by atoms with Crippen LogP contribution in [0.2, 0.25) is 0 Å². The van der Waals surface area contributed by atoms with Gasteiger partial charge in [0, 0.05) is 40.7 Å². The molecule has 0 aliphatic rings. The average Bonchev–Trinajstić information content (AvgIpc) is 2.91. The van der Waals surface area contributed by atoms with Crippen LogP contribution < -0.4 is 5.32 Å². The fourth-order valence-corrected chi connectivity index (χ4v) is 2.75. The second kappa shape index (κ2) is 6.10. The molecule has 0 saturated heterocycles. The lowest BCUT2D eigenvalue weighted by molar-refractivity contribution is -0.116. The summed E-state index contributed by atoms with van der Waals surface area (Å²) in [6.45, 7) is 0.645. The minimum Gasteiger partial charge on any atom is -0.347 e. The Morgan fingerprint density at radius 1 is 1.24 bits per heavy atom. The van der Waals surface area contributed by atoms with E-state index < -0.39 is 0 Å². The lowest BCUT2D eigenvalue weighted by atomic mass is 10.2. The molecular weight excluding hydrogens is 330 g/mol. The predicted molar refractivity (Wildman–Crippen MR) is 87.1 cm³/mol. The lowest BCUT2D eigenvalue weighted by Gasteiger charge is -2.07. The maximum atomic E-state index is 11.9. The fourth-order valence-electron chi connectivity index (χ4n) is 2.26. The van der Waals surface area contributed by atoms with Crippen molar-refractivity contribution in [1.29, 1.82) is 0 Å². The Balaban J connectivity index is 1.67. The molecule has 0 radical (unpaired) electrons. The van der Waals surface area contributed by atoms with Crippen molar-refractivity contribution in [1.82, 2.24) is 9.55 Å². The van der Waals surface area contributed by atoms with Crippen molar-refractivity contribution >= 4 is 38.4 Å². The number of hydrogen-bond acceptors (Lipinski definition) is 2. The Hall–Kier alpha value is -2.14. The van der Waals surface area contributed by atoms with Crippen molar-refractivity contribution < 1.29 is 4.79 Å². The third kappa shape index (κ3) is 3.13. The predicted octanol–water partition coefficient (Wildman–Crippen LogP) is 3.83. The molecule has 0 fully saturated rings. The van der Waals surface area contributed by atoms with Gasteiger partial charge >= 0.3 is 0 Å². The van der Waals surface area contributed by atoms with E-state index in [1.165, 1.54) is 0 Å². The number of nitrogens with one attached hydrogen (secondary N) is 1. The van der Waals surface area contributed by atoms with E-state index in [2.05, 4.69) is 42.9 Å². The van der Waals surface area contributed by atoms with Crippen LogP contribution in [0.25, 0.3) is 10.9 Å². The van der Waals surface area contributed by atoms with Crippen LogP contribution >= 0.6 is 15.9 Å². The number of aromatic nitrogens is 2. The minimum absolute atomic E-state index is 0.0140. The number of nitrogens with zero attached hydrogens (tertiary/aromatic N) is 2. The number of benzene rings is 1. The van der Waals surface area contributed by atoms with Gasteiger partial charge in [0.25, 0.3) is 0 Å². The van der Waals surface area contributed by atoms with E-state index in [0.29, 0.717) is 13.0 Å². The third-order valence-corrected chi connectivity index (χ3v) is 3.98. The zero-order valence-corrected chi connectivity index (χ0v) is 12.9. The molecule has 4 nitrogen and oxygen atoms in total. The van der Waals surface area contributed by atoms with Gasteiger partial charge in [0.1, 0.15) is 0 Å². The first kappa shape index (κ1) is 13.8. The van der Waals surface area contributed by atoms with Crippen LogP contribution in [0.3, 0.4) is 0 Å². The van der Waals surface area contributed by atoms with Crippen LogP contribution in [0, 0.1) is 0 Å². The second-order valence-electron chi connectivity index (χ2n) is 4.72. The summed E-state index contributed by atoms with van der Waals surface area (Å²) in [6, 6.07) is 11.7. The summed E-state index contributed by atoms with van der Waals surface area (Å²) >= 11 is 3.53. The van der Waals surface area contributed by atoms with Crippen molar-refractivity contribution in [2.75, 3.05) is 5.32 Å². The van der Waals surface area contributed by atoms with Crippen LogP contribution in [0.5, 0.6) is 0 Å². The summed E-state index contributed by atoms with van der Waals surface area (Å²) in [6.07, 6.45) is 5.75. The summed E-state index contributed by atoms with van der Waals surface area (Å²) in [5.74, 6) is -0.0140. The first-order chi connectivity index (χ1) is 10.2. The molecule has 3 rings (SSSR count). The Labute approximate surface area is 130 Å². The SMILES string of the molecule is O=C(CCn1ccc2c(Br)cccc21)Nc1cccnc1. The maximum Gasteiger partial charge on any atom is 0.226 e. The Bertz CT molecular complexity index is 768. The number of aryl methyl sites for hydroxylation is 1. The maximum absolute atomic E-state index is 11.9. The first-order valence-electron chi connectivity index (χ1n) is 6.67. The van der Waals surface area contributed by atoms with Crippen LogP contribution in [0.4, 0.5) is 5.69 Å². The molecule has 106 valence electrons. The molecule has 0 saturated carbocycles. The van der Waals surface area contributed by atoms with E-state index in [9.17, 15) is 4.79 Å². The van der Waals surface area contributed by atoms with Gasteiger partial charge in [0.05, 0.1) is 11.9 Å². The molecule has 0 unspecified atom stereocenters. The standard InChI is InChI=1S/C16H14BrN3O/c17-14-4-1-5-15-13(14)6-9-20(15)10-7-16(21)19-12-3-2-8-18-11-12/h1-6,8-9,11H,7,10H2,(H,19,21). The summed E-state index contributed by atoms with van der Waals surface area (Å²) < 4.78 is 3.15. The number of rotatable bonds is 4. The number of amides is 1. The zero-order chi connectivity index (χ0) is 14.7. The molecule has 1 N–H and O–H groups in total. The first-order valence-corrected chi connectivity index (χ1v) is 7.46. The van der Waals surface area contributed by atoms with Crippen molar-refractivity contribution in [2.45, 2.75) is 13.0 Å². The molecule has 0 aliphatic carbocycles. The smallest absolute Gasteiger partial charge is 0.226 e. The van der Waals surface area contributed by atoms with Crippen LogP contribution in [-0.4, -0.2) is 15.5 Å². The molecule has 3 aromatic rings. The highest BCUT2D eigenvalue weighted by molar-refractivity contribution is 9.10. The molecule has 0 atom stereocenters. The Morgan fingerprint density at radius 2 is 2.14 bits per heavy atom. The van der Waals surface area contributed by atoms with Crippen molar-refractivity contribution in [2.24, 2.45) is 0 Å². The van der Waals surface area contributed by atoms with E-state index in [1.54, 1.807) is 18.5 Å². The number of carbonyl (C=O) groups is 1. The van der Waals surface area contributed by atoms with Gasteiger partial charge in [-0.25, -0.2) is 0 Å². The second-order valence-corrected chi connectivity index (χ2v) is 5.58. The zero-order valence-electron chi connectivity index (χ0n) is 11.3. The summed E-state index contributed by atoms with van der Waals surface area (Å²) in [5, 5.41) is 4.00. The van der Waals surface area contributed by atoms with E-state index in [1.807, 2.05) is 24.4 Å². The number of pyridine rings is 1. The fraction of sp³-hybridized carbons (Fsp3) is 0.125. The van der Waals surface area contributed by atoms with E-state index in [4.69, 9.17) is 0 Å². The van der Waals surface area contributed by atoms with E-state index in [0.717, 1.165) is 21.1 Å². The molecule has 5 heteroatoms. The van der Waals surface area contributed by atoms with Crippen molar-refractivity contribution in [3.63, 3.8) is 0 Å².